The van der Waals surface area contributed by atoms with E-state index < -0.39 is 0 Å². The zero-order valence-corrected chi connectivity index (χ0v) is 43.3. The first-order chi connectivity index (χ1) is 38.5. The van der Waals surface area contributed by atoms with Crippen LogP contribution in [0.1, 0.15) is 11.1 Å². The molecule has 0 radical (unpaired) electrons. The van der Waals surface area contributed by atoms with Gasteiger partial charge in [-0.3, -0.25) is 0 Å². The van der Waals surface area contributed by atoms with Crippen molar-refractivity contribution in [1.29, 1.82) is 0 Å². The molecular weight excluding hydrogens is 949 g/mol. The molecule has 14 rings (SSSR count). The lowest BCUT2D eigenvalue weighted by molar-refractivity contribution is 0.668. The number of furan rings is 2. The SMILES string of the molecule is Cc1cc(-c2ccc(N(c3ccccc3-c3ccc(-c4ccccc4)cc3)c3cccc4c3oc3ccccc34)c(C)c2)ccc1N(c1ccccc1-c1ccc(-c2ccccc2)cc1)c1cccc2c1oc1ccccc12. The third-order valence-electron chi connectivity index (χ3n) is 15.4. The van der Waals surface area contributed by atoms with Gasteiger partial charge >= 0.3 is 0 Å². The fourth-order valence-electron chi connectivity index (χ4n) is 11.5. The van der Waals surface area contributed by atoms with Gasteiger partial charge in [0, 0.05) is 44.0 Å². The van der Waals surface area contributed by atoms with E-state index in [1.165, 1.54) is 22.3 Å². The summed E-state index contributed by atoms with van der Waals surface area (Å²) in [5.41, 5.74) is 23.4. The van der Waals surface area contributed by atoms with Crippen LogP contribution >= 0.6 is 0 Å². The molecule has 2 aromatic heterocycles. The van der Waals surface area contributed by atoms with Gasteiger partial charge in [0.25, 0.3) is 0 Å². The number of hydrogen-bond donors (Lipinski definition) is 0. The van der Waals surface area contributed by atoms with E-state index in [0.29, 0.717) is 0 Å². The molecule has 78 heavy (non-hydrogen) atoms. The van der Waals surface area contributed by atoms with Gasteiger partial charge in [0.05, 0.1) is 22.7 Å². The predicted octanol–water partition coefficient (Wildman–Crippen LogP) is 21.4. The highest BCUT2D eigenvalue weighted by molar-refractivity contribution is 6.12. The summed E-state index contributed by atoms with van der Waals surface area (Å²) >= 11 is 0. The zero-order valence-electron chi connectivity index (χ0n) is 43.3. The van der Waals surface area contributed by atoms with Gasteiger partial charge < -0.3 is 18.6 Å². The van der Waals surface area contributed by atoms with Crippen LogP contribution in [0, 0.1) is 13.8 Å². The summed E-state index contributed by atoms with van der Waals surface area (Å²) in [4.78, 5) is 4.78. The smallest absolute Gasteiger partial charge is 0.159 e. The van der Waals surface area contributed by atoms with Crippen molar-refractivity contribution in [3.05, 3.63) is 290 Å². The van der Waals surface area contributed by atoms with Gasteiger partial charge in [-0.15, -0.1) is 0 Å². The van der Waals surface area contributed by atoms with E-state index in [0.717, 1.165) is 123 Å². The third kappa shape index (κ3) is 8.19. The van der Waals surface area contributed by atoms with Crippen molar-refractivity contribution in [2.24, 2.45) is 0 Å². The van der Waals surface area contributed by atoms with Crippen molar-refractivity contribution >= 4 is 78.0 Å². The van der Waals surface area contributed by atoms with Crippen molar-refractivity contribution in [3.63, 3.8) is 0 Å². The minimum absolute atomic E-state index is 0.844. The highest BCUT2D eigenvalue weighted by Gasteiger charge is 2.26. The van der Waals surface area contributed by atoms with Gasteiger partial charge in [0.15, 0.2) is 11.2 Å². The molecule has 0 N–H and O–H groups in total. The Kier molecular flexibility index (Phi) is 11.6. The predicted molar refractivity (Wildman–Crippen MR) is 327 cm³/mol. The second kappa shape index (κ2) is 19.5. The summed E-state index contributed by atoms with van der Waals surface area (Å²) in [5, 5.41) is 4.35. The second-order valence-electron chi connectivity index (χ2n) is 20.1. The molecule has 0 amide bonds. The lowest BCUT2D eigenvalue weighted by Gasteiger charge is -2.30. The van der Waals surface area contributed by atoms with E-state index in [1.54, 1.807) is 0 Å². The minimum atomic E-state index is 0.844. The molecule has 0 saturated carbocycles. The molecule has 0 unspecified atom stereocenters. The van der Waals surface area contributed by atoms with Crippen molar-refractivity contribution in [2.75, 3.05) is 9.80 Å². The van der Waals surface area contributed by atoms with E-state index >= 15 is 0 Å². The molecular formula is C74H52N2O2. The summed E-state index contributed by atoms with van der Waals surface area (Å²) in [6.07, 6.45) is 0. The maximum Gasteiger partial charge on any atom is 0.159 e. The number of rotatable bonds is 11. The molecule has 2 heterocycles. The van der Waals surface area contributed by atoms with Crippen molar-refractivity contribution in [2.45, 2.75) is 13.8 Å². The topological polar surface area (TPSA) is 32.8 Å². The quantitative estimate of drug-likeness (QED) is 0.129. The van der Waals surface area contributed by atoms with Crippen LogP contribution in [-0.4, -0.2) is 0 Å². The Morgan fingerprint density at radius 3 is 0.974 bits per heavy atom. The van der Waals surface area contributed by atoms with Crippen LogP contribution in [0.15, 0.2) is 288 Å². The summed E-state index contributed by atoms with van der Waals surface area (Å²) in [7, 11) is 0. The summed E-state index contributed by atoms with van der Waals surface area (Å²) < 4.78 is 13.6. The average molecular weight is 1000 g/mol. The maximum atomic E-state index is 6.80. The molecule has 370 valence electrons. The monoisotopic (exact) mass is 1000 g/mol. The maximum absolute atomic E-state index is 6.80. The molecule has 0 aliphatic rings. The summed E-state index contributed by atoms with van der Waals surface area (Å²) in [6, 6.07) is 99.8. The number of para-hydroxylation sites is 6. The van der Waals surface area contributed by atoms with Crippen LogP contribution in [0.4, 0.5) is 34.1 Å². The first-order valence-electron chi connectivity index (χ1n) is 26.6. The largest absolute Gasteiger partial charge is 0.454 e. The van der Waals surface area contributed by atoms with Crippen molar-refractivity contribution in [3.8, 4) is 55.6 Å². The highest BCUT2D eigenvalue weighted by atomic mass is 16.3. The molecule has 4 heteroatoms. The number of aryl methyl sites for hydroxylation is 2. The lowest BCUT2D eigenvalue weighted by Crippen LogP contribution is -2.13. The van der Waals surface area contributed by atoms with Gasteiger partial charge in [-0.25, -0.2) is 0 Å². The Labute approximate surface area is 454 Å². The molecule has 0 bridgehead atoms. The lowest BCUT2D eigenvalue weighted by atomic mass is 9.96. The molecule has 0 spiro atoms. The Morgan fingerprint density at radius 1 is 0.231 bits per heavy atom. The molecule has 0 aliphatic heterocycles. The first kappa shape index (κ1) is 46.4. The molecule has 0 fully saturated rings. The number of anilines is 6. The standard InChI is InChI=1S/C74H52N2O2/c1-49-47-57(43-45-65(49)75(69-31-17-27-63-61-25-11-15-33-71(61)77-73(63)69)67-29-13-9-23-59(67)55-39-35-53(36-40-55)51-19-5-3-6-20-51)58-44-46-66(50(2)48-58)76(70-32-18-28-64-62-26-12-16-34-72(62)78-74(64)70)68-30-14-10-24-60(68)56-41-37-54(38-42-56)52-21-7-4-8-22-52/h3-48H,1-2H3. The van der Waals surface area contributed by atoms with Gasteiger partial charge in [0.2, 0.25) is 0 Å². The van der Waals surface area contributed by atoms with Gasteiger partial charge in [-0.1, -0.05) is 218 Å². The Hall–Kier alpha value is -10.2. The Morgan fingerprint density at radius 2 is 0.551 bits per heavy atom. The van der Waals surface area contributed by atoms with E-state index in [9.17, 15) is 0 Å². The van der Waals surface area contributed by atoms with E-state index in [4.69, 9.17) is 8.83 Å². The van der Waals surface area contributed by atoms with Crippen LogP contribution < -0.4 is 9.80 Å². The number of benzene rings is 12. The molecule has 0 saturated heterocycles. The van der Waals surface area contributed by atoms with Crippen LogP contribution in [0.3, 0.4) is 0 Å². The molecule has 4 nitrogen and oxygen atoms in total. The van der Waals surface area contributed by atoms with E-state index in [2.05, 4.69) is 291 Å². The summed E-state index contributed by atoms with van der Waals surface area (Å²) in [6.45, 7) is 4.45. The van der Waals surface area contributed by atoms with Crippen molar-refractivity contribution in [1.82, 2.24) is 0 Å². The zero-order chi connectivity index (χ0) is 52.1. The van der Waals surface area contributed by atoms with E-state index in [-0.39, 0.29) is 0 Å². The summed E-state index contributed by atoms with van der Waals surface area (Å²) in [5.74, 6) is 0. The van der Waals surface area contributed by atoms with Crippen LogP contribution in [0.2, 0.25) is 0 Å². The number of nitrogens with zero attached hydrogens (tertiary/aromatic N) is 2. The minimum Gasteiger partial charge on any atom is -0.454 e. The first-order valence-corrected chi connectivity index (χ1v) is 26.6. The van der Waals surface area contributed by atoms with Gasteiger partial charge in [-0.2, -0.15) is 0 Å². The number of hydrogen-bond acceptors (Lipinski definition) is 4. The van der Waals surface area contributed by atoms with Crippen LogP contribution in [-0.2, 0) is 0 Å². The fraction of sp³-hybridized carbons (Fsp3) is 0.0270. The van der Waals surface area contributed by atoms with Crippen LogP contribution in [0.25, 0.3) is 99.5 Å². The molecule has 14 aromatic rings. The van der Waals surface area contributed by atoms with E-state index in [1.807, 2.05) is 12.1 Å². The molecule has 0 atom stereocenters. The fourth-order valence-corrected chi connectivity index (χ4v) is 11.5. The Bertz CT molecular complexity index is 4220. The normalized spacial score (nSPS) is 11.5. The van der Waals surface area contributed by atoms with Crippen molar-refractivity contribution < 1.29 is 8.83 Å². The highest BCUT2D eigenvalue weighted by Crippen LogP contribution is 2.49. The average Bonchev–Trinajstić information content (AvgIpc) is 4.22. The van der Waals surface area contributed by atoms with Crippen LogP contribution in [0.5, 0.6) is 0 Å². The van der Waals surface area contributed by atoms with Gasteiger partial charge in [0.1, 0.15) is 11.2 Å². The molecule has 12 aromatic carbocycles. The van der Waals surface area contributed by atoms with Gasteiger partial charge in [-0.05, 0) is 130 Å². The molecule has 0 aliphatic carbocycles. The third-order valence-corrected chi connectivity index (χ3v) is 15.4. The Balaban J connectivity index is 0.887. The second-order valence-corrected chi connectivity index (χ2v) is 20.1. The number of fused-ring (bicyclic) bond motifs is 6.